The monoisotopic (exact) mass is 475 g/mol. The zero-order chi connectivity index (χ0) is 24.9. The SMILES string of the molecule is CC(C)(C)N(C(=O)O)c1ccc(C#Cc2cncc(C(=O)N=S(C)(=O)c3ccccc3)c2)cc1. The highest BCUT2D eigenvalue weighted by molar-refractivity contribution is 7.93. The summed E-state index contributed by atoms with van der Waals surface area (Å²) in [5, 5.41) is 9.53. The Labute approximate surface area is 199 Å². The van der Waals surface area contributed by atoms with Crippen LogP contribution in [0.25, 0.3) is 0 Å². The maximum absolute atomic E-state index is 12.9. The van der Waals surface area contributed by atoms with Gasteiger partial charge in [0.2, 0.25) is 0 Å². The van der Waals surface area contributed by atoms with E-state index in [1.54, 1.807) is 60.7 Å². The topological polar surface area (TPSA) is 99.9 Å². The summed E-state index contributed by atoms with van der Waals surface area (Å²) in [5.41, 5.74) is 1.31. The van der Waals surface area contributed by atoms with Crippen molar-refractivity contribution in [2.45, 2.75) is 31.2 Å². The number of carboxylic acid groups (broad SMARTS) is 1. The van der Waals surface area contributed by atoms with E-state index in [0.29, 0.717) is 21.7 Å². The van der Waals surface area contributed by atoms with Crippen molar-refractivity contribution < 1.29 is 18.9 Å². The molecule has 0 spiro atoms. The second kappa shape index (κ2) is 9.89. The van der Waals surface area contributed by atoms with Crippen LogP contribution in [0.5, 0.6) is 0 Å². The van der Waals surface area contributed by atoms with E-state index in [-0.39, 0.29) is 5.56 Å². The summed E-state index contributed by atoms with van der Waals surface area (Å²) in [6.07, 6.45) is 3.27. The summed E-state index contributed by atoms with van der Waals surface area (Å²) >= 11 is 0. The first-order chi connectivity index (χ1) is 16.0. The number of anilines is 1. The van der Waals surface area contributed by atoms with Crippen molar-refractivity contribution in [3.05, 3.63) is 89.7 Å². The van der Waals surface area contributed by atoms with Gasteiger partial charge in [-0.25, -0.2) is 9.00 Å². The second-order valence-electron chi connectivity index (χ2n) is 8.56. The Morgan fingerprint density at radius 2 is 1.59 bits per heavy atom. The summed E-state index contributed by atoms with van der Waals surface area (Å²) in [4.78, 5) is 30.1. The molecule has 2 amide bonds. The molecule has 0 saturated carbocycles. The van der Waals surface area contributed by atoms with E-state index in [9.17, 15) is 18.9 Å². The standard InChI is InChI=1S/C26H25N3O4S/c1-26(2,3)29(25(31)32)22-14-12-19(13-15-22)10-11-20-16-21(18-27-17-20)24(30)28-34(4,33)23-8-6-5-7-9-23/h5-9,12-18H,1-4H3,(H,31,32). The highest BCUT2D eigenvalue weighted by atomic mass is 32.2. The van der Waals surface area contributed by atoms with Gasteiger partial charge in [-0.3, -0.25) is 14.7 Å². The van der Waals surface area contributed by atoms with Crippen LogP contribution in [0.15, 0.2) is 82.3 Å². The first-order valence-corrected chi connectivity index (χ1v) is 12.3. The molecule has 0 radical (unpaired) electrons. The Morgan fingerprint density at radius 1 is 0.971 bits per heavy atom. The van der Waals surface area contributed by atoms with Gasteiger partial charge < -0.3 is 5.11 Å². The molecule has 0 aliphatic rings. The Balaban J connectivity index is 1.83. The van der Waals surface area contributed by atoms with Gasteiger partial charge in [0.15, 0.2) is 0 Å². The molecule has 0 saturated heterocycles. The molecule has 1 unspecified atom stereocenters. The average Bonchev–Trinajstić information content (AvgIpc) is 2.78. The molecule has 1 heterocycles. The average molecular weight is 476 g/mol. The van der Waals surface area contributed by atoms with Crippen LogP contribution in [-0.2, 0) is 9.73 Å². The number of rotatable bonds is 3. The van der Waals surface area contributed by atoms with Crippen molar-refractivity contribution in [3.63, 3.8) is 0 Å². The van der Waals surface area contributed by atoms with E-state index in [1.807, 2.05) is 20.8 Å². The molecule has 34 heavy (non-hydrogen) atoms. The molecule has 0 fully saturated rings. The van der Waals surface area contributed by atoms with E-state index < -0.39 is 27.3 Å². The predicted molar refractivity (Wildman–Crippen MR) is 132 cm³/mol. The third kappa shape index (κ3) is 6.09. The minimum atomic E-state index is -2.89. The zero-order valence-electron chi connectivity index (χ0n) is 19.4. The van der Waals surface area contributed by atoms with Crippen molar-refractivity contribution in [1.29, 1.82) is 0 Å². The van der Waals surface area contributed by atoms with Crippen molar-refractivity contribution in [2.75, 3.05) is 11.2 Å². The van der Waals surface area contributed by atoms with Crippen LogP contribution in [0.3, 0.4) is 0 Å². The number of amides is 2. The molecule has 0 aliphatic carbocycles. The van der Waals surface area contributed by atoms with Crippen LogP contribution in [-0.4, -0.2) is 38.1 Å². The molecule has 3 aromatic rings. The lowest BCUT2D eigenvalue weighted by Crippen LogP contribution is -2.45. The molecule has 3 rings (SSSR count). The minimum absolute atomic E-state index is 0.190. The summed E-state index contributed by atoms with van der Waals surface area (Å²) in [6.45, 7) is 5.46. The molecular formula is C26H25N3O4S. The fourth-order valence-electron chi connectivity index (χ4n) is 3.18. The summed E-state index contributed by atoms with van der Waals surface area (Å²) in [6, 6.07) is 17.0. The van der Waals surface area contributed by atoms with Crippen LogP contribution >= 0.6 is 0 Å². The Hall–Kier alpha value is -3.96. The van der Waals surface area contributed by atoms with Crippen LogP contribution in [0.2, 0.25) is 0 Å². The largest absolute Gasteiger partial charge is 0.465 e. The van der Waals surface area contributed by atoms with Gasteiger partial charge in [0.25, 0.3) is 5.91 Å². The van der Waals surface area contributed by atoms with E-state index in [1.165, 1.54) is 23.5 Å². The number of hydrogen-bond acceptors (Lipinski definition) is 4. The molecule has 0 bridgehead atoms. The van der Waals surface area contributed by atoms with Gasteiger partial charge in [0.05, 0.1) is 15.3 Å². The van der Waals surface area contributed by atoms with E-state index in [4.69, 9.17) is 0 Å². The Bertz CT molecular complexity index is 1390. The van der Waals surface area contributed by atoms with E-state index in [2.05, 4.69) is 21.2 Å². The fraction of sp³-hybridized carbons (Fsp3) is 0.192. The molecule has 174 valence electrons. The Kier molecular flexibility index (Phi) is 7.18. The third-order valence-corrected chi connectivity index (χ3v) is 6.42. The number of pyridine rings is 1. The Morgan fingerprint density at radius 3 is 2.18 bits per heavy atom. The summed E-state index contributed by atoms with van der Waals surface area (Å²) < 4.78 is 16.8. The van der Waals surface area contributed by atoms with Gasteiger partial charge >= 0.3 is 6.09 Å². The van der Waals surface area contributed by atoms with Gasteiger partial charge in [-0.1, -0.05) is 30.0 Å². The van der Waals surface area contributed by atoms with Crippen molar-refractivity contribution in [2.24, 2.45) is 4.36 Å². The van der Waals surface area contributed by atoms with Crippen LogP contribution in [0, 0.1) is 11.8 Å². The smallest absolute Gasteiger partial charge is 0.412 e. The van der Waals surface area contributed by atoms with Gasteiger partial charge in [0.1, 0.15) is 0 Å². The predicted octanol–water partition coefficient (Wildman–Crippen LogP) is 5.06. The maximum Gasteiger partial charge on any atom is 0.412 e. The molecule has 8 heteroatoms. The highest BCUT2D eigenvalue weighted by Gasteiger charge is 2.27. The zero-order valence-corrected chi connectivity index (χ0v) is 20.2. The van der Waals surface area contributed by atoms with Gasteiger partial charge in [-0.05, 0) is 63.2 Å². The van der Waals surface area contributed by atoms with Gasteiger partial charge in [-0.2, -0.15) is 4.36 Å². The van der Waals surface area contributed by atoms with Gasteiger partial charge in [0, 0.05) is 45.9 Å². The molecule has 1 atom stereocenters. The lowest BCUT2D eigenvalue weighted by molar-refractivity contribution is 0.100. The summed E-state index contributed by atoms with van der Waals surface area (Å²) in [5.74, 6) is 5.29. The minimum Gasteiger partial charge on any atom is -0.465 e. The van der Waals surface area contributed by atoms with Crippen molar-refractivity contribution in [1.82, 2.24) is 4.98 Å². The summed E-state index contributed by atoms with van der Waals surface area (Å²) in [7, 11) is -2.89. The third-order valence-electron chi connectivity index (χ3n) is 4.76. The first kappa shape index (κ1) is 24.7. The second-order valence-corrected chi connectivity index (χ2v) is 10.8. The molecule has 1 N–H and O–H groups in total. The molecule has 2 aromatic carbocycles. The lowest BCUT2D eigenvalue weighted by atomic mass is 10.0. The van der Waals surface area contributed by atoms with E-state index in [0.717, 1.165) is 0 Å². The van der Waals surface area contributed by atoms with Gasteiger partial charge in [-0.15, -0.1) is 0 Å². The van der Waals surface area contributed by atoms with Crippen LogP contribution in [0.1, 0.15) is 42.3 Å². The van der Waals surface area contributed by atoms with Crippen LogP contribution < -0.4 is 4.90 Å². The van der Waals surface area contributed by atoms with E-state index >= 15 is 0 Å². The quantitative estimate of drug-likeness (QED) is 0.534. The van der Waals surface area contributed by atoms with Crippen molar-refractivity contribution >= 4 is 27.4 Å². The number of carbonyl (C=O) groups excluding carboxylic acids is 1. The number of hydrogen-bond donors (Lipinski definition) is 1. The number of nitrogens with zero attached hydrogens (tertiary/aromatic N) is 3. The van der Waals surface area contributed by atoms with Crippen molar-refractivity contribution in [3.8, 4) is 11.8 Å². The molecule has 7 nitrogen and oxygen atoms in total. The van der Waals surface area contributed by atoms with Crippen LogP contribution in [0.4, 0.5) is 10.5 Å². The molecular weight excluding hydrogens is 450 g/mol. The number of carbonyl (C=O) groups is 2. The first-order valence-electron chi connectivity index (χ1n) is 10.4. The highest BCUT2D eigenvalue weighted by Crippen LogP contribution is 2.24. The molecule has 1 aromatic heterocycles. The normalized spacial score (nSPS) is 12.6. The fourth-order valence-corrected chi connectivity index (χ4v) is 4.37. The maximum atomic E-state index is 12.9. The molecule has 0 aliphatic heterocycles. The lowest BCUT2D eigenvalue weighted by Gasteiger charge is -2.33. The number of benzene rings is 2. The number of aromatic nitrogens is 1.